The molecule has 1 aliphatic rings. The van der Waals surface area contributed by atoms with Crippen molar-refractivity contribution < 1.29 is 9.84 Å². The van der Waals surface area contributed by atoms with Crippen LogP contribution in [0, 0.1) is 11.3 Å². The summed E-state index contributed by atoms with van der Waals surface area (Å²) in [6.07, 6.45) is 6.39. The first-order chi connectivity index (χ1) is 8.47. The Bertz CT molecular complexity index is 225. The molecule has 108 valence electrons. The topological polar surface area (TPSA) is 41.5 Å². The van der Waals surface area contributed by atoms with E-state index in [1.54, 1.807) is 7.11 Å². The minimum Gasteiger partial charge on any atom is -0.395 e. The van der Waals surface area contributed by atoms with Crippen molar-refractivity contribution in [2.24, 2.45) is 11.3 Å². The lowest BCUT2D eigenvalue weighted by Gasteiger charge is -2.30. The molecule has 1 aliphatic carbocycles. The van der Waals surface area contributed by atoms with Gasteiger partial charge in [-0.3, -0.25) is 0 Å². The van der Waals surface area contributed by atoms with E-state index in [-0.39, 0.29) is 12.6 Å². The van der Waals surface area contributed by atoms with Gasteiger partial charge in [0.25, 0.3) is 0 Å². The maximum absolute atomic E-state index is 9.30. The molecule has 2 N–H and O–H groups in total. The van der Waals surface area contributed by atoms with Crippen LogP contribution in [0.4, 0.5) is 0 Å². The van der Waals surface area contributed by atoms with Crippen molar-refractivity contribution in [3.8, 4) is 0 Å². The molecule has 0 spiro atoms. The van der Waals surface area contributed by atoms with Crippen LogP contribution in [0.2, 0.25) is 0 Å². The van der Waals surface area contributed by atoms with Crippen molar-refractivity contribution in [2.45, 2.75) is 65.0 Å². The van der Waals surface area contributed by atoms with E-state index >= 15 is 0 Å². The van der Waals surface area contributed by atoms with Crippen LogP contribution in [0.5, 0.6) is 0 Å². The highest BCUT2D eigenvalue weighted by Crippen LogP contribution is 2.36. The number of methoxy groups -OCH3 is 1. The number of rotatable bonds is 5. The zero-order valence-corrected chi connectivity index (χ0v) is 12.5. The first kappa shape index (κ1) is 15.9. The summed E-state index contributed by atoms with van der Waals surface area (Å²) in [5, 5.41) is 12.8. The highest BCUT2D eigenvalue weighted by molar-refractivity contribution is 4.82. The Labute approximate surface area is 112 Å². The monoisotopic (exact) mass is 257 g/mol. The second kappa shape index (κ2) is 7.46. The molecule has 0 aromatic rings. The standard InChI is InChI=1S/C15H31NO2/c1-15(2,3)12-6-5-7-13(9-8-12)16-14(10-17)11-18-4/h12-14,16-17H,5-11H2,1-4H3. The molecular weight excluding hydrogens is 226 g/mol. The van der Waals surface area contributed by atoms with Crippen molar-refractivity contribution in [1.29, 1.82) is 0 Å². The van der Waals surface area contributed by atoms with Gasteiger partial charge in [-0.15, -0.1) is 0 Å². The van der Waals surface area contributed by atoms with Gasteiger partial charge in [0.15, 0.2) is 0 Å². The van der Waals surface area contributed by atoms with Crippen LogP contribution in [0.1, 0.15) is 52.9 Å². The number of ether oxygens (including phenoxy) is 1. The zero-order chi connectivity index (χ0) is 13.6. The Balaban J connectivity index is 2.41. The average molecular weight is 257 g/mol. The Hall–Kier alpha value is -0.120. The Morgan fingerprint density at radius 2 is 1.94 bits per heavy atom. The van der Waals surface area contributed by atoms with Gasteiger partial charge in [0.05, 0.1) is 19.3 Å². The number of hydrogen-bond acceptors (Lipinski definition) is 3. The molecule has 3 unspecified atom stereocenters. The van der Waals surface area contributed by atoms with E-state index in [1.165, 1.54) is 32.1 Å². The second-order valence-electron chi connectivity index (χ2n) is 6.77. The molecule has 3 nitrogen and oxygen atoms in total. The lowest BCUT2D eigenvalue weighted by atomic mass is 9.76. The summed E-state index contributed by atoms with van der Waals surface area (Å²) in [7, 11) is 1.69. The molecule has 1 rings (SSSR count). The number of aliphatic hydroxyl groups is 1. The molecule has 0 aliphatic heterocycles. The summed E-state index contributed by atoms with van der Waals surface area (Å²) in [5.41, 5.74) is 0.428. The van der Waals surface area contributed by atoms with E-state index in [4.69, 9.17) is 4.74 Å². The fourth-order valence-corrected chi connectivity index (χ4v) is 3.02. The quantitative estimate of drug-likeness (QED) is 0.744. The van der Waals surface area contributed by atoms with Gasteiger partial charge in [0.2, 0.25) is 0 Å². The molecule has 0 radical (unpaired) electrons. The average Bonchev–Trinajstić information content (AvgIpc) is 2.53. The second-order valence-corrected chi connectivity index (χ2v) is 6.77. The third-order valence-electron chi connectivity index (χ3n) is 4.25. The first-order valence-corrected chi connectivity index (χ1v) is 7.33. The van der Waals surface area contributed by atoms with E-state index in [0.29, 0.717) is 18.1 Å². The Morgan fingerprint density at radius 3 is 2.50 bits per heavy atom. The van der Waals surface area contributed by atoms with Gasteiger partial charge in [-0.05, 0) is 37.0 Å². The van der Waals surface area contributed by atoms with E-state index in [2.05, 4.69) is 26.1 Å². The minimum atomic E-state index is 0.0891. The van der Waals surface area contributed by atoms with Crippen LogP contribution in [-0.4, -0.2) is 37.5 Å². The fourth-order valence-electron chi connectivity index (χ4n) is 3.02. The molecule has 0 aromatic carbocycles. The predicted octanol–water partition coefficient (Wildman–Crippen LogP) is 2.58. The molecule has 18 heavy (non-hydrogen) atoms. The SMILES string of the molecule is COCC(CO)NC1CCCC(C(C)(C)C)CC1. The van der Waals surface area contributed by atoms with Crippen molar-refractivity contribution in [3.63, 3.8) is 0 Å². The molecule has 0 aromatic heterocycles. The highest BCUT2D eigenvalue weighted by Gasteiger charge is 2.28. The van der Waals surface area contributed by atoms with E-state index in [9.17, 15) is 5.11 Å². The molecule has 1 fully saturated rings. The summed E-state index contributed by atoms with van der Waals surface area (Å²) in [6, 6.07) is 0.635. The highest BCUT2D eigenvalue weighted by atomic mass is 16.5. The van der Waals surface area contributed by atoms with E-state index in [1.807, 2.05) is 0 Å². The zero-order valence-electron chi connectivity index (χ0n) is 12.5. The molecule has 0 saturated heterocycles. The molecule has 1 saturated carbocycles. The molecule has 3 atom stereocenters. The largest absolute Gasteiger partial charge is 0.395 e. The lowest BCUT2D eigenvalue weighted by Crippen LogP contribution is -2.43. The maximum Gasteiger partial charge on any atom is 0.0638 e. The van der Waals surface area contributed by atoms with Gasteiger partial charge < -0.3 is 15.2 Å². The lowest BCUT2D eigenvalue weighted by molar-refractivity contribution is 0.120. The van der Waals surface area contributed by atoms with Gasteiger partial charge in [-0.25, -0.2) is 0 Å². The fraction of sp³-hybridized carbons (Fsp3) is 1.00. The van der Waals surface area contributed by atoms with Crippen LogP contribution >= 0.6 is 0 Å². The number of hydrogen-bond donors (Lipinski definition) is 2. The molecule has 0 bridgehead atoms. The molecule has 0 amide bonds. The molecule has 0 heterocycles. The maximum atomic E-state index is 9.30. The van der Waals surface area contributed by atoms with Crippen LogP contribution in [0.15, 0.2) is 0 Å². The third-order valence-corrected chi connectivity index (χ3v) is 4.25. The van der Waals surface area contributed by atoms with Crippen LogP contribution in [-0.2, 0) is 4.74 Å². The Morgan fingerprint density at radius 1 is 1.22 bits per heavy atom. The molecular formula is C15H31NO2. The van der Waals surface area contributed by atoms with Gasteiger partial charge in [0, 0.05) is 13.2 Å². The summed E-state index contributed by atoms with van der Waals surface area (Å²) in [6.45, 7) is 7.81. The van der Waals surface area contributed by atoms with E-state index in [0.717, 1.165) is 5.92 Å². The smallest absolute Gasteiger partial charge is 0.0638 e. The van der Waals surface area contributed by atoms with Gasteiger partial charge >= 0.3 is 0 Å². The van der Waals surface area contributed by atoms with Crippen molar-refractivity contribution in [2.75, 3.05) is 20.3 Å². The van der Waals surface area contributed by atoms with Crippen molar-refractivity contribution >= 4 is 0 Å². The summed E-state index contributed by atoms with van der Waals surface area (Å²) in [5.74, 6) is 0.833. The van der Waals surface area contributed by atoms with Crippen LogP contribution < -0.4 is 5.32 Å². The Kier molecular flexibility index (Phi) is 6.61. The third kappa shape index (κ3) is 5.25. The van der Waals surface area contributed by atoms with Crippen molar-refractivity contribution in [1.82, 2.24) is 5.32 Å². The summed E-state index contributed by atoms with van der Waals surface area (Å²) in [4.78, 5) is 0. The number of nitrogens with one attached hydrogen (secondary N) is 1. The minimum absolute atomic E-state index is 0.0891. The summed E-state index contributed by atoms with van der Waals surface area (Å²) < 4.78 is 5.12. The molecule has 3 heteroatoms. The number of aliphatic hydroxyl groups excluding tert-OH is 1. The van der Waals surface area contributed by atoms with E-state index < -0.39 is 0 Å². The normalized spacial score (nSPS) is 27.8. The van der Waals surface area contributed by atoms with Crippen molar-refractivity contribution in [3.05, 3.63) is 0 Å². The van der Waals surface area contributed by atoms with Gasteiger partial charge in [-0.2, -0.15) is 0 Å². The predicted molar refractivity (Wildman–Crippen MR) is 75.7 cm³/mol. The van der Waals surface area contributed by atoms with Crippen LogP contribution in [0.25, 0.3) is 0 Å². The van der Waals surface area contributed by atoms with Crippen LogP contribution in [0.3, 0.4) is 0 Å². The van der Waals surface area contributed by atoms with Gasteiger partial charge in [-0.1, -0.05) is 27.2 Å². The van der Waals surface area contributed by atoms with Gasteiger partial charge in [0.1, 0.15) is 0 Å². The summed E-state index contributed by atoms with van der Waals surface area (Å²) >= 11 is 0. The first-order valence-electron chi connectivity index (χ1n) is 7.33.